The zero-order valence-electron chi connectivity index (χ0n) is 12.8. The van der Waals surface area contributed by atoms with Crippen molar-refractivity contribution in [3.63, 3.8) is 0 Å². The van der Waals surface area contributed by atoms with E-state index in [0.29, 0.717) is 18.6 Å². The maximum atomic E-state index is 11.9. The van der Waals surface area contributed by atoms with Crippen molar-refractivity contribution < 1.29 is 9.53 Å². The molecule has 2 aliphatic rings. The second kappa shape index (κ2) is 8.39. The van der Waals surface area contributed by atoms with Crippen molar-refractivity contribution >= 4 is 24.0 Å². The molecule has 22 heavy (non-hydrogen) atoms. The molecule has 122 valence electrons. The molecular formula is C17H25ClN2O2. The summed E-state index contributed by atoms with van der Waals surface area (Å²) in [5.41, 5.74) is 0.844. The molecule has 0 radical (unpaired) electrons. The predicted molar refractivity (Wildman–Crippen MR) is 90.8 cm³/mol. The fourth-order valence-corrected chi connectivity index (χ4v) is 3.18. The lowest BCUT2D eigenvalue weighted by Gasteiger charge is -2.14. The minimum atomic E-state index is 0. The van der Waals surface area contributed by atoms with Gasteiger partial charge in [0.2, 0.25) is 5.91 Å². The van der Waals surface area contributed by atoms with Crippen LogP contribution < -0.4 is 15.4 Å². The molecule has 1 saturated heterocycles. The lowest BCUT2D eigenvalue weighted by atomic mass is 10.1. The number of rotatable bonds is 5. The van der Waals surface area contributed by atoms with Crippen molar-refractivity contribution in [2.24, 2.45) is 0 Å². The third-order valence-corrected chi connectivity index (χ3v) is 4.34. The summed E-state index contributed by atoms with van der Waals surface area (Å²) in [6.45, 7) is 1.03. The highest BCUT2D eigenvalue weighted by Gasteiger charge is 2.18. The van der Waals surface area contributed by atoms with Crippen LogP contribution in [0.25, 0.3) is 0 Å². The Hall–Kier alpha value is -1.26. The molecule has 1 aliphatic heterocycles. The van der Waals surface area contributed by atoms with Crippen LogP contribution in [0.2, 0.25) is 0 Å². The average Bonchev–Trinajstić information content (AvgIpc) is 3.14. The molecule has 1 heterocycles. The van der Waals surface area contributed by atoms with Crippen LogP contribution in [0.5, 0.6) is 5.75 Å². The molecule has 1 aromatic carbocycles. The Balaban J connectivity index is 0.00000176. The Morgan fingerprint density at radius 3 is 2.50 bits per heavy atom. The van der Waals surface area contributed by atoms with E-state index in [-0.39, 0.29) is 18.3 Å². The summed E-state index contributed by atoms with van der Waals surface area (Å²) in [7, 11) is 0. The monoisotopic (exact) mass is 324 g/mol. The number of nitrogens with one attached hydrogen (secondary N) is 2. The number of hydrogen-bond acceptors (Lipinski definition) is 3. The number of ether oxygens (including phenoxy) is 1. The van der Waals surface area contributed by atoms with Gasteiger partial charge in [-0.2, -0.15) is 0 Å². The number of benzene rings is 1. The van der Waals surface area contributed by atoms with E-state index in [4.69, 9.17) is 4.74 Å². The Labute approximate surface area is 138 Å². The maximum absolute atomic E-state index is 11.9. The number of carbonyl (C=O) groups is 1. The van der Waals surface area contributed by atoms with Gasteiger partial charge >= 0.3 is 0 Å². The summed E-state index contributed by atoms with van der Waals surface area (Å²) in [5.74, 6) is 0.983. The molecule has 2 fully saturated rings. The van der Waals surface area contributed by atoms with Gasteiger partial charge in [-0.15, -0.1) is 12.4 Å². The molecule has 0 aromatic heterocycles. The van der Waals surface area contributed by atoms with Gasteiger partial charge in [0.1, 0.15) is 5.75 Å². The van der Waals surface area contributed by atoms with Gasteiger partial charge in [0, 0.05) is 18.2 Å². The van der Waals surface area contributed by atoms with Crippen molar-refractivity contribution in [3.05, 3.63) is 24.3 Å². The lowest BCUT2D eigenvalue weighted by Crippen LogP contribution is -2.27. The summed E-state index contributed by atoms with van der Waals surface area (Å²) >= 11 is 0. The molecule has 1 atom stereocenters. The second-order valence-corrected chi connectivity index (χ2v) is 6.09. The van der Waals surface area contributed by atoms with Crippen LogP contribution in [0.3, 0.4) is 0 Å². The molecule has 1 aliphatic carbocycles. The minimum Gasteiger partial charge on any atom is -0.490 e. The Kier molecular flexibility index (Phi) is 6.52. The Bertz CT molecular complexity index is 466. The summed E-state index contributed by atoms with van der Waals surface area (Å²) in [5, 5.41) is 6.30. The van der Waals surface area contributed by atoms with Crippen LogP contribution in [-0.4, -0.2) is 24.6 Å². The van der Waals surface area contributed by atoms with Gasteiger partial charge in [0.05, 0.1) is 6.10 Å². The van der Waals surface area contributed by atoms with Crippen molar-refractivity contribution in [3.8, 4) is 5.75 Å². The number of carbonyl (C=O) groups excluding carboxylic acids is 1. The van der Waals surface area contributed by atoms with Gasteiger partial charge in [-0.1, -0.05) is 0 Å². The average molecular weight is 325 g/mol. The largest absolute Gasteiger partial charge is 0.490 e. The normalized spacial score (nSPS) is 21.4. The first-order valence-corrected chi connectivity index (χ1v) is 8.09. The number of halogens is 1. The van der Waals surface area contributed by atoms with Gasteiger partial charge in [0.15, 0.2) is 0 Å². The van der Waals surface area contributed by atoms with Gasteiger partial charge in [-0.05, 0) is 69.3 Å². The van der Waals surface area contributed by atoms with E-state index in [1.165, 1.54) is 19.3 Å². The zero-order valence-corrected chi connectivity index (χ0v) is 13.7. The Morgan fingerprint density at radius 1 is 1.14 bits per heavy atom. The molecular weight excluding hydrogens is 300 g/mol. The Morgan fingerprint density at radius 2 is 1.86 bits per heavy atom. The highest BCUT2D eigenvalue weighted by molar-refractivity contribution is 5.91. The quantitative estimate of drug-likeness (QED) is 0.871. The van der Waals surface area contributed by atoms with Crippen LogP contribution in [-0.2, 0) is 4.79 Å². The van der Waals surface area contributed by atoms with Gasteiger partial charge in [-0.3, -0.25) is 4.79 Å². The maximum Gasteiger partial charge on any atom is 0.225 e. The fourth-order valence-electron chi connectivity index (χ4n) is 3.18. The molecule has 2 N–H and O–H groups in total. The third kappa shape index (κ3) is 4.89. The summed E-state index contributed by atoms with van der Waals surface area (Å²) in [6, 6.07) is 8.08. The van der Waals surface area contributed by atoms with E-state index in [2.05, 4.69) is 10.6 Å². The molecule has 1 aromatic rings. The first kappa shape index (κ1) is 17.1. The SMILES string of the molecule is Cl.O=C(CC1CCCN1)Nc1ccc(OC2CCCC2)cc1. The molecule has 5 heteroatoms. The first-order chi connectivity index (χ1) is 10.3. The highest BCUT2D eigenvalue weighted by atomic mass is 35.5. The third-order valence-electron chi connectivity index (χ3n) is 4.34. The number of amides is 1. The second-order valence-electron chi connectivity index (χ2n) is 6.09. The predicted octanol–water partition coefficient (Wildman–Crippen LogP) is 3.51. The molecule has 1 unspecified atom stereocenters. The van der Waals surface area contributed by atoms with Gasteiger partial charge in [0.25, 0.3) is 0 Å². The summed E-state index contributed by atoms with van der Waals surface area (Å²) in [4.78, 5) is 11.9. The highest BCUT2D eigenvalue weighted by Crippen LogP contribution is 2.25. The van der Waals surface area contributed by atoms with Crippen LogP contribution in [0.1, 0.15) is 44.9 Å². The van der Waals surface area contributed by atoms with Crippen molar-refractivity contribution in [1.82, 2.24) is 5.32 Å². The minimum absolute atomic E-state index is 0. The molecule has 3 rings (SSSR count). The summed E-state index contributed by atoms with van der Waals surface area (Å²) in [6.07, 6.45) is 8.06. The van der Waals surface area contributed by atoms with Crippen LogP contribution in [0, 0.1) is 0 Å². The number of anilines is 1. The van der Waals surface area contributed by atoms with Crippen LogP contribution >= 0.6 is 12.4 Å². The van der Waals surface area contributed by atoms with Crippen molar-refractivity contribution in [1.29, 1.82) is 0 Å². The van der Waals surface area contributed by atoms with E-state index in [1.54, 1.807) is 0 Å². The molecule has 1 amide bonds. The summed E-state index contributed by atoms with van der Waals surface area (Å²) < 4.78 is 5.92. The lowest BCUT2D eigenvalue weighted by molar-refractivity contribution is -0.116. The molecule has 0 bridgehead atoms. The van der Waals surface area contributed by atoms with Gasteiger partial charge < -0.3 is 15.4 Å². The van der Waals surface area contributed by atoms with Crippen LogP contribution in [0.4, 0.5) is 5.69 Å². The van der Waals surface area contributed by atoms with E-state index in [0.717, 1.165) is 37.2 Å². The van der Waals surface area contributed by atoms with Crippen molar-refractivity contribution in [2.45, 2.75) is 57.1 Å². The smallest absolute Gasteiger partial charge is 0.225 e. The number of hydrogen-bond donors (Lipinski definition) is 2. The van der Waals surface area contributed by atoms with E-state index < -0.39 is 0 Å². The molecule has 1 saturated carbocycles. The fraction of sp³-hybridized carbons (Fsp3) is 0.588. The standard InChI is InChI=1S/C17H24N2O2.ClH/c20-17(12-14-4-3-11-18-14)19-13-7-9-16(10-8-13)21-15-5-1-2-6-15;/h7-10,14-15,18H,1-6,11-12H2,(H,19,20);1H. The molecule has 0 spiro atoms. The van der Waals surface area contributed by atoms with Gasteiger partial charge in [-0.25, -0.2) is 0 Å². The first-order valence-electron chi connectivity index (χ1n) is 8.09. The van der Waals surface area contributed by atoms with Crippen LogP contribution in [0.15, 0.2) is 24.3 Å². The van der Waals surface area contributed by atoms with E-state index in [1.807, 2.05) is 24.3 Å². The van der Waals surface area contributed by atoms with E-state index >= 15 is 0 Å². The zero-order chi connectivity index (χ0) is 14.5. The van der Waals surface area contributed by atoms with Crippen molar-refractivity contribution in [2.75, 3.05) is 11.9 Å². The topological polar surface area (TPSA) is 50.4 Å². The molecule has 4 nitrogen and oxygen atoms in total. The van der Waals surface area contributed by atoms with E-state index in [9.17, 15) is 4.79 Å².